The quantitative estimate of drug-likeness (QED) is 0.916. The molecule has 0 bridgehead atoms. The molecule has 0 radical (unpaired) electrons. The number of ether oxygens (including phenoxy) is 2. The lowest BCUT2D eigenvalue weighted by molar-refractivity contribution is 0.219. The van der Waals surface area contributed by atoms with Gasteiger partial charge in [0.1, 0.15) is 6.10 Å². The molecule has 0 spiro atoms. The number of rotatable bonds is 2. The van der Waals surface area contributed by atoms with E-state index in [1.807, 2.05) is 36.4 Å². The highest BCUT2D eigenvalue weighted by Gasteiger charge is 2.16. The lowest BCUT2D eigenvalue weighted by Gasteiger charge is -2.15. The molecule has 3 rings (SSSR count). The van der Waals surface area contributed by atoms with Gasteiger partial charge in [-0.2, -0.15) is 0 Å². The van der Waals surface area contributed by atoms with Crippen LogP contribution in [0.4, 0.5) is 0 Å². The highest BCUT2D eigenvalue weighted by molar-refractivity contribution is 5.46. The van der Waals surface area contributed by atoms with Crippen LogP contribution in [0.15, 0.2) is 36.4 Å². The van der Waals surface area contributed by atoms with Gasteiger partial charge in [0, 0.05) is 6.42 Å². The fourth-order valence-electron chi connectivity index (χ4n) is 2.48. The first-order valence-electron chi connectivity index (χ1n) is 7.30. The number of fused-ring (bicyclic) bond motifs is 1. The third-order valence-corrected chi connectivity index (χ3v) is 3.93. The van der Waals surface area contributed by atoms with E-state index in [0.29, 0.717) is 19.0 Å². The first kappa shape index (κ1) is 14.0. The smallest absolute Gasteiger partial charge is 0.161 e. The van der Waals surface area contributed by atoms with Gasteiger partial charge in [-0.1, -0.05) is 24.3 Å². The SMILES string of the molecule is Cc1ccc(C(O)c2ccc3c(c2)OCCCO3)cc1C. The van der Waals surface area contributed by atoms with Gasteiger partial charge in [0.25, 0.3) is 0 Å². The zero-order chi connectivity index (χ0) is 14.8. The van der Waals surface area contributed by atoms with Crippen LogP contribution in [0.3, 0.4) is 0 Å². The highest BCUT2D eigenvalue weighted by atomic mass is 16.5. The first-order valence-corrected chi connectivity index (χ1v) is 7.30. The van der Waals surface area contributed by atoms with Crippen molar-refractivity contribution in [1.82, 2.24) is 0 Å². The van der Waals surface area contributed by atoms with E-state index in [9.17, 15) is 5.11 Å². The topological polar surface area (TPSA) is 38.7 Å². The van der Waals surface area contributed by atoms with Crippen LogP contribution in [0.5, 0.6) is 11.5 Å². The van der Waals surface area contributed by atoms with Gasteiger partial charge in [-0.05, 0) is 48.2 Å². The number of hydrogen-bond acceptors (Lipinski definition) is 3. The maximum atomic E-state index is 10.6. The Labute approximate surface area is 125 Å². The van der Waals surface area contributed by atoms with Crippen molar-refractivity contribution in [3.05, 3.63) is 58.7 Å². The van der Waals surface area contributed by atoms with Crippen molar-refractivity contribution >= 4 is 0 Å². The Bertz CT molecular complexity index is 649. The van der Waals surface area contributed by atoms with Gasteiger partial charge in [-0.3, -0.25) is 0 Å². The van der Waals surface area contributed by atoms with Crippen molar-refractivity contribution in [2.75, 3.05) is 13.2 Å². The summed E-state index contributed by atoms with van der Waals surface area (Å²) in [5.74, 6) is 1.47. The minimum absolute atomic E-state index is 0.649. The lowest BCUT2D eigenvalue weighted by atomic mass is 9.97. The first-order chi connectivity index (χ1) is 10.1. The minimum Gasteiger partial charge on any atom is -0.490 e. The van der Waals surface area contributed by atoms with Gasteiger partial charge >= 0.3 is 0 Å². The Hall–Kier alpha value is -2.00. The monoisotopic (exact) mass is 284 g/mol. The number of aliphatic hydroxyl groups excluding tert-OH is 1. The van der Waals surface area contributed by atoms with Crippen molar-refractivity contribution in [2.45, 2.75) is 26.4 Å². The molecule has 110 valence electrons. The van der Waals surface area contributed by atoms with Crippen molar-refractivity contribution in [2.24, 2.45) is 0 Å². The van der Waals surface area contributed by atoms with Gasteiger partial charge in [-0.25, -0.2) is 0 Å². The molecule has 1 aliphatic heterocycles. The normalized spacial score (nSPS) is 15.4. The van der Waals surface area contributed by atoms with Gasteiger partial charge in [-0.15, -0.1) is 0 Å². The standard InChI is InChI=1S/C18H20O3/c1-12-4-5-14(10-13(12)2)18(19)15-6-7-16-17(11-15)21-9-3-8-20-16/h4-7,10-11,18-19H,3,8-9H2,1-2H3. The van der Waals surface area contributed by atoms with Crippen LogP contribution in [0.25, 0.3) is 0 Å². The lowest BCUT2D eigenvalue weighted by Crippen LogP contribution is -2.02. The molecule has 1 N–H and O–H groups in total. The summed E-state index contributed by atoms with van der Waals surface area (Å²) in [6, 6.07) is 11.7. The summed E-state index contributed by atoms with van der Waals surface area (Å²) in [5.41, 5.74) is 4.13. The summed E-state index contributed by atoms with van der Waals surface area (Å²) in [5, 5.41) is 10.6. The van der Waals surface area contributed by atoms with Crippen molar-refractivity contribution < 1.29 is 14.6 Å². The Morgan fingerprint density at radius 1 is 0.857 bits per heavy atom. The van der Waals surface area contributed by atoms with E-state index in [4.69, 9.17) is 9.47 Å². The van der Waals surface area contributed by atoms with Crippen LogP contribution in [-0.4, -0.2) is 18.3 Å². The summed E-state index contributed by atoms with van der Waals surface area (Å²) >= 11 is 0. The molecule has 1 unspecified atom stereocenters. The fraction of sp³-hybridized carbons (Fsp3) is 0.333. The van der Waals surface area contributed by atoms with E-state index in [2.05, 4.69) is 13.8 Å². The molecular formula is C18H20O3. The number of hydrogen-bond donors (Lipinski definition) is 1. The molecule has 0 fully saturated rings. The van der Waals surface area contributed by atoms with Crippen LogP contribution in [0.2, 0.25) is 0 Å². The van der Waals surface area contributed by atoms with Crippen LogP contribution in [0, 0.1) is 13.8 Å². The Morgan fingerprint density at radius 3 is 2.29 bits per heavy atom. The van der Waals surface area contributed by atoms with Gasteiger partial charge in [0.05, 0.1) is 13.2 Å². The highest BCUT2D eigenvalue weighted by Crippen LogP contribution is 2.34. The van der Waals surface area contributed by atoms with E-state index in [1.165, 1.54) is 11.1 Å². The molecule has 2 aromatic rings. The molecule has 0 saturated carbocycles. The number of aryl methyl sites for hydroxylation is 2. The third-order valence-electron chi connectivity index (χ3n) is 3.93. The van der Waals surface area contributed by atoms with Gasteiger partial charge < -0.3 is 14.6 Å². The van der Waals surface area contributed by atoms with Crippen LogP contribution >= 0.6 is 0 Å². The summed E-state index contributed by atoms with van der Waals surface area (Å²) in [6.07, 6.45) is 0.227. The molecule has 0 amide bonds. The maximum absolute atomic E-state index is 10.6. The summed E-state index contributed by atoms with van der Waals surface area (Å²) in [6.45, 7) is 5.45. The second-order valence-corrected chi connectivity index (χ2v) is 5.50. The zero-order valence-corrected chi connectivity index (χ0v) is 12.4. The van der Waals surface area contributed by atoms with E-state index in [0.717, 1.165) is 23.3 Å². The molecular weight excluding hydrogens is 264 g/mol. The third kappa shape index (κ3) is 2.88. The predicted molar refractivity (Wildman–Crippen MR) is 82.0 cm³/mol. The molecule has 3 nitrogen and oxygen atoms in total. The average molecular weight is 284 g/mol. The van der Waals surface area contributed by atoms with Gasteiger partial charge in [0.2, 0.25) is 0 Å². The van der Waals surface area contributed by atoms with E-state index in [1.54, 1.807) is 0 Å². The molecule has 2 aromatic carbocycles. The van der Waals surface area contributed by atoms with Crippen molar-refractivity contribution in [3.8, 4) is 11.5 Å². The minimum atomic E-state index is -0.651. The average Bonchev–Trinajstić information content (AvgIpc) is 2.73. The summed E-state index contributed by atoms with van der Waals surface area (Å²) < 4.78 is 11.3. The summed E-state index contributed by atoms with van der Waals surface area (Å²) in [4.78, 5) is 0. The molecule has 21 heavy (non-hydrogen) atoms. The van der Waals surface area contributed by atoms with E-state index < -0.39 is 6.10 Å². The predicted octanol–water partition coefficient (Wildman–Crippen LogP) is 3.55. The Balaban J connectivity index is 1.92. The Morgan fingerprint density at radius 2 is 1.52 bits per heavy atom. The second kappa shape index (κ2) is 5.78. The van der Waals surface area contributed by atoms with Crippen LogP contribution in [-0.2, 0) is 0 Å². The van der Waals surface area contributed by atoms with E-state index in [-0.39, 0.29) is 0 Å². The molecule has 1 heterocycles. The van der Waals surface area contributed by atoms with Gasteiger partial charge in [0.15, 0.2) is 11.5 Å². The maximum Gasteiger partial charge on any atom is 0.161 e. The molecule has 0 saturated heterocycles. The molecule has 0 aliphatic carbocycles. The van der Waals surface area contributed by atoms with Crippen LogP contribution in [0.1, 0.15) is 34.8 Å². The molecule has 1 aliphatic rings. The Kier molecular flexibility index (Phi) is 3.84. The molecule has 0 aromatic heterocycles. The number of aliphatic hydroxyl groups is 1. The molecule has 1 atom stereocenters. The summed E-state index contributed by atoms with van der Waals surface area (Å²) in [7, 11) is 0. The molecule has 3 heteroatoms. The number of benzene rings is 2. The zero-order valence-electron chi connectivity index (χ0n) is 12.4. The van der Waals surface area contributed by atoms with E-state index >= 15 is 0 Å². The second-order valence-electron chi connectivity index (χ2n) is 5.50. The fourth-order valence-corrected chi connectivity index (χ4v) is 2.48. The van der Waals surface area contributed by atoms with Crippen molar-refractivity contribution in [3.63, 3.8) is 0 Å². The van der Waals surface area contributed by atoms with Crippen LogP contribution < -0.4 is 9.47 Å². The van der Waals surface area contributed by atoms with Crippen molar-refractivity contribution in [1.29, 1.82) is 0 Å². The largest absolute Gasteiger partial charge is 0.490 e.